The monoisotopic (exact) mass is 586 g/mol. The van der Waals surface area contributed by atoms with Gasteiger partial charge in [0.2, 0.25) is 11.9 Å². The highest BCUT2D eigenvalue weighted by atomic mass is 35.5. The van der Waals surface area contributed by atoms with Crippen LogP contribution in [0, 0.1) is 0 Å². The molecule has 1 saturated heterocycles. The molecule has 4 rings (SSSR count). The van der Waals surface area contributed by atoms with E-state index in [-0.39, 0.29) is 33.4 Å². The molecule has 0 spiro atoms. The number of nitrogens with zero attached hydrogens (tertiary/aromatic N) is 5. The minimum Gasteiger partial charge on any atom is -0.336 e. The van der Waals surface area contributed by atoms with E-state index in [2.05, 4.69) is 54.8 Å². The molecule has 1 amide bonds. The fourth-order valence-corrected chi connectivity index (χ4v) is 5.60. The van der Waals surface area contributed by atoms with Gasteiger partial charge in [0.15, 0.2) is 20.7 Å². The van der Waals surface area contributed by atoms with Crippen molar-refractivity contribution in [2.75, 3.05) is 49.7 Å². The van der Waals surface area contributed by atoms with Crippen molar-refractivity contribution in [3.05, 3.63) is 53.8 Å². The summed E-state index contributed by atoms with van der Waals surface area (Å²) >= 11 is 6.33. The van der Waals surface area contributed by atoms with Crippen molar-refractivity contribution < 1.29 is 13.2 Å². The first-order chi connectivity index (χ1) is 19.0. The third kappa shape index (κ3) is 7.45. The number of sulfone groups is 1. The number of piperidine rings is 1. The van der Waals surface area contributed by atoms with Crippen LogP contribution in [0.2, 0.25) is 5.02 Å². The maximum absolute atomic E-state index is 12.8. The van der Waals surface area contributed by atoms with Crippen LogP contribution < -0.4 is 16.0 Å². The molecule has 0 saturated carbocycles. The number of amides is 1. The van der Waals surface area contributed by atoms with Crippen LogP contribution in [0.1, 0.15) is 26.7 Å². The maximum Gasteiger partial charge on any atom is 0.238 e. The van der Waals surface area contributed by atoms with Crippen LogP contribution in [0.3, 0.4) is 0 Å². The van der Waals surface area contributed by atoms with Gasteiger partial charge in [-0.3, -0.25) is 9.69 Å². The number of nitrogens with one attached hydrogen (secondary N) is 3. The van der Waals surface area contributed by atoms with Gasteiger partial charge in [-0.05, 0) is 71.1 Å². The second-order valence-corrected chi connectivity index (χ2v) is 13.0. The molecule has 0 bridgehead atoms. The van der Waals surface area contributed by atoms with Crippen molar-refractivity contribution in [1.82, 2.24) is 24.8 Å². The van der Waals surface area contributed by atoms with Crippen LogP contribution in [0.5, 0.6) is 0 Å². The zero-order valence-electron chi connectivity index (χ0n) is 23.1. The Labute approximate surface area is 240 Å². The summed E-state index contributed by atoms with van der Waals surface area (Å²) in [5.41, 5.74) is 1.56. The lowest BCUT2D eigenvalue weighted by Gasteiger charge is -2.34. The number of benzene rings is 1. The van der Waals surface area contributed by atoms with E-state index in [0.717, 1.165) is 25.9 Å². The molecule has 3 N–H and O–H groups in total. The summed E-state index contributed by atoms with van der Waals surface area (Å²) in [7, 11) is 0.545. The quantitative estimate of drug-likeness (QED) is 0.318. The Balaban J connectivity index is 1.42. The van der Waals surface area contributed by atoms with Gasteiger partial charge in [-0.25, -0.2) is 18.4 Å². The summed E-state index contributed by atoms with van der Waals surface area (Å²) in [5, 5.41) is 8.53. The largest absolute Gasteiger partial charge is 0.336 e. The first-order valence-electron chi connectivity index (χ1n) is 13.1. The van der Waals surface area contributed by atoms with Gasteiger partial charge in [-0.1, -0.05) is 17.7 Å². The number of anilines is 5. The first kappa shape index (κ1) is 29.7. The molecule has 11 nitrogen and oxygen atoms in total. The van der Waals surface area contributed by atoms with E-state index in [4.69, 9.17) is 11.6 Å². The van der Waals surface area contributed by atoms with Crippen LogP contribution in [-0.4, -0.2) is 84.1 Å². The summed E-state index contributed by atoms with van der Waals surface area (Å²) in [5.74, 6) is 0.379. The highest BCUT2D eigenvalue weighted by Gasteiger charge is 2.25. The van der Waals surface area contributed by atoms with Crippen molar-refractivity contribution in [3.8, 4) is 0 Å². The summed E-state index contributed by atoms with van der Waals surface area (Å²) in [6.45, 7) is 5.32. The Kier molecular flexibility index (Phi) is 9.56. The Morgan fingerprint density at radius 1 is 1.10 bits per heavy atom. The third-order valence-electron chi connectivity index (χ3n) is 6.72. The molecule has 40 heavy (non-hydrogen) atoms. The van der Waals surface area contributed by atoms with Crippen LogP contribution in [0.15, 0.2) is 53.8 Å². The van der Waals surface area contributed by atoms with Gasteiger partial charge in [-0.15, -0.1) is 0 Å². The Bertz CT molecular complexity index is 1440. The number of hydrogen-bond acceptors (Lipinski definition) is 10. The predicted octanol–water partition coefficient (Wildman–Crippen LogP) is 4.16. The minimum absolute atomic E-state index is 0.0710. The molecule has 3 heterocycles. The van der Waals surface area contributed by atoms with E-state index in [1.165, 1.54) is 12.4 Å². The van der Waals surface area contributed by atoms with Crippen molar-refractivity contribution in [2.24, 2.45) is 0 Å². The van der Waals surface area contributed by atoms with E-state index in [9.17, 15) is 13.2 Å². The molecule has 1 aliphatic rings. The average Bonchev–Trinajstić information content (AvgIpc) is 2.91. The summed E-state index contributed by atoms with van der Waals surface area (Å²) in [4.78, 5) is 29.8. The predicted molar refractivity (Wildman–Crippen MR) is 158 cm³/mol. The zero-order valence-corrected chi connectivity index (χ0v) is 24.6. The SMILES string of the molecule is CC(C)S(=O)(=O)c1ncccc1Nc1nc(Nc2cccc(NC(=O)CN3CCC(N(C)C)CC3)c2)ncc1Cl. The Morgan fingerprint density at radius 2 is 1.82 bits per heavy atom. The second kappa shape index (κ2) is 12.9. The molecule has 13 heteroatoms. The maximum atomic E-state index is 12.8. The van der Waals surface area contributed by atoms with E-state index >= 15 is 0 Å². The molecule has 0 unspecified atom stereocenters. The standard InChI is InChI=1S/C27H35ClN8O3S/c1-18(2)40(38,39)26-23(9-6-12-29-26)33-25-22(28)16-30-27(34-25)32-20-8-5-7-19(15-20)31-24(37)17-36-13-10-21(11-14-36)35(3)4/h5-9,12,15-16,18,21H,10-11,13-14,17H2,1-4H3,(H,31,37)(H2,30,32,33,34). The number of hydrogen-bond donors (Lipinski definition) is 3. The molecule has 3 aromatic rings. The lowest BCUT2D eigenvalue weighted by atomic mass is 10.0. The van der Waals surface area contributed by atoms with Gasteiger partial charge < -0.3 is 20.9 Å². The van der Waals surface area contributed by atoms with Crippen molar-refractivity contribution >= 4 is 56.2 Å². The molecule has 1 aromatic carbocycles. The van der Waals surface area contributed by atoms with Crippen molar-refractivity contribution in [2.45, 2.75) is 43.0 Å². The average molecular weight is 587 g/mol. The summed E-state index contributed by atoms with van der Waals surface area (Å²) < 4.78 is 25.6. The lowest BCUT2D eigenvalue weighted by Crippen LogP contribution is -2.44. The molecule has 214 valence electrons. The highest BCUT2D eigenvalue weighted by Crippen LogP contribution is 2.29. The molecule has 0 aliphatic carbocycles. The van der Waals surface area contributed by atoms with E-state index in [1.54, 1.807) is 32.0 Å². The molecular formula is C27H35ClN8O3S. The number of carbonyl (C=O) groups is 1. The number of pyridine rings is 1. The minimum atomic E-state index is -3.64. The van der Waals surface area contributed by atoms with Gasteiger partial charge in [0.05, 0.1) is 23.7 Å². The first-order valence-corrected chi connectivity index (χ1v) is 15.0. The molecular weight excluding hydrogens is 552 g/mol. The third-order valence-corrected chi connectivity index (χ3v) is 9.10. The summed E-state index contributed by atoms with van der Waals surface area (Å²) in [6, 6.07) is 11.0. The smallest absolute Gasteiger partial charge is 0.238 e. The van der Waals surface area contributed by atoms with E-state index < -0.39 is 15.1 Å². The number of carbonyl (C=O) groups excluding carboxylic acids is 1. The molecule has 2 aromatic heterocycles. The van der Waals surface area contributed by atoms with Gasteiger partial charge in [-0.2, -0.15) is 4.98 Å². The molecule has 0 atom stereocenters. The van der Waals surface area contributed by atoms with Crippen molar-refractivity contribution in [3.63, 3.8) is 0 Å². The number of aromatic nitrogens is 3. The van der Waals surface area contributed by atoms with Crippen LogP contribution in [0.25, 0.3) is 0 Å². The lowest BCUT2D eigenvalue weighted by molar-refractivity contribution is -0.117. The van der Waals surface area contributed by atoms with Gasteiger partial charge >= 0.3 is 0 Å². The summed E-state index contributed by atoms with van der Waals surface area (Å²) in [6.07, 6.45) is 4.94. The van der Waals surface area contributed by atoms with E-state index in [1.807, 2.05) is 18.2 Å². The van der Waals surface area contributed by atoms with Crippen LogP contribution in [0.4, 0.5) is 28.8 Å². The van der Waals surface area contributed by atoms with Gasteiger partial charge in [0, 0.05) is 36.7 Å². The fourth-order valence-electron chi connectivity index (χ4n) is 4.38. The Morgan fingerprint density at radius 3 is 2.52 bits per heavy atom. The zero-order chi connectivity index (χ0) is 28.9. The van der Waals surface area contributed by atoms with Gasteiger partial charge in [0.25, 0.3) is 0 Å². The fraction of sp³-hybridized carbons (Fsp3) is 0.407. The topological polar surface area (TPSA) is 132 Å². The second-order valence-electron chi connectivity index (χ2n) is 10.2. The molecule has 1 fully saturated rings. The number of halogens is 1. The van der Waals surface area contributed by atoms with E-state index in [0.29, 0.717) is 24.0 Å². The normalized spacial score (nSPS) is 14.9. The van der Waals surface area contributed by atoms with Crippen molar-refractivity contribution in [1.29, 1.82) is 0 Å². The molecule has 1 aliphatic heterocycles. The molecule has 0 radical (unpaired) electrons. The Hall–Kier alpha value is -3.32. The van der Waals surface area contributed by atoms with Crippen LogP contribution >= 0.6 is 11.6 Å². The highest BCUT2D eigenvalue weighted by molar-refractivity contribution is 7.92. The number of likely N-dealkylation sites (tertiary alicyclic amines) is 1. The number of rotatable bonds is 10. The van der Waals surface area contributed by atoms with Gasteiger partial charge in [0.1, 0.15) is 5.02 Å². The van der Waals surface area contributed by atoms with Crippen LogP contribution in [-0.2, 0) is 14.6 Å².